The summed E-state index contributed by atoms with van der Waals surface area (Å²) in [5.74, 6) is -2.56. The number of aromatic nitrogens is 5. The third-order valence-electron chi connectivity index (χ3n) is 3.37. The molecule has 0 radical (unpaired) electrons. The van der Waals surface area contributed by atoms with Crippen molar-refractivity contribution in [1.29, 1.82) is 0 Å². The molecule has 0 spiro atoms. The third kappa shape index (κ3) is 5.03. The second-order valence-corrected chi connectivity index (χ2v) is 5.48. The highest BCUT2D eigenvalue weighted by Gasteiger charge is 2.38. The second-order valence-electron chi connectivity index (χ2n) is 5.48. The lowest BCUT2D eigenvalue weighted by Crippen LogP contribution is -2.15. The summed E-state index contributed by atoms with van der Waals surface area (Å²) in [4.78, 5) is 38.0. The van der Waals surface area contributed by atoms with Crippen LogP contribution in [0.2, 0.25) is 0 Å². The number of ether oxygens (including phenoxy) is 2. The van der Waals surface area contributed by atoms with Gasteiger partial charge >= 0.3 is 24.1 Å². The molecular weight excluding hydrogens is 413 g/mol. The second kappa shape index (κ2) is 8.50. The van der Waals surface area contributed by atoms with Crippen molar-refractivity contribution in [3.05, 3.63) is 47.9 Å². The summed E-state index contributed by atoms with van der Waals surface area (Å²) in [5, 5.41) is 5.45. The van der Waals surface area contributed by atoms with Gasteiger partial charge in [-0.1, -0.05) is 5.16 Å². The summed E-state index contributed by atoms with van der Waals surface area (Å²) >= 11 is 0. The monoisotopic (exact) mass is 424 g/mol. The van der Waals surface area contributed by atoms with Crippen LogP contribution in [0.3, 0.4) is 0 Å². The summed E-state index contributed by atoms with van der Waals surface area (Å²) in [6.45, 7) is -0.196. The van der Waals surface area contributed by atoms with Gasteiger partial charge in [0.05, 0.1) is 25.1 Å². The van der Waals surface area contributed by atoms with Gasteiger partial charge in [-0.15, -0.1) is 0 Å². The smallest absolute Gasteiger partial charge is 0.465 e. The Morgan fingerprint density at radius 3 is 2.60 bits per heavy atom. The number of alkyl halides is 3. The van der Waals surface area contributed by atoms with Gasteiger partial charge in [-0.3, -0.25) is 10.3 Å². The highest BCUT2D eigenvalue weighted by atomic mass is 19.4. The number of halogens is 3. The Labute approximate surface area is 165 Å². The molecule has 0 atom stereocenters. The van der Waals surface area contributed by atoms with Gasteiger partial charge in [0.1, 0.15) is 12.3 Å². The zero-order valence-electron chi connectivity index (χ0n) is 15.0. The highest BCUT2D eigenvalue weighted by molar-refractivity contribution is 5.89. The molecule has 0 unspecified atom stereocenters. The summed E-state index contributed by atoms with van der Waals surface area (Å²) < 4.78 is 51.1. The van der Waals surface area contributed by atoms with E-state index >= 15 is 0 Å². The summed E-state index contributed by atoms with van der Waals surface area (Å²) in [5.41, 5.74) is 0.529. The Hall–Kier alpha value is -4.10. The standard InChI is InChI=1S/C16H11F3N6O5/c1-28-13(26)9-2-8(3-20-4-9)7-29-15(27)23-11-6-21-10(5-22-11)12-24-14(30-25-12)16(17,18)19/h2-6H,7H2,1H3,(H,22,23,27). The van der Waals surface area contributed by atoms with Crippen molar-refractivity contribution < 1.29 is 36.8 Å². The molecule has 0 aliphatic rings. The first-order valence-electron chi connectivity index (χ1n) is 7.95. The number of hydrogen-bond donors (Lipinski definition) is 1. The fourth-order valence-electron chi connectivity index (χ4n) is 2.04. The van der Waals surface area contributed by atoms with Gasteiger partial charge in [0.2, 0.25) is 5.82 Å². The minimum Gasteiger partial charge on any atom is -0.465 e. The first-order valence-corrected chi connectivity index (χ1v) is 7.95. The maximum absolute atomic E-state index is 12.5. The lowest BCUT2D eigenvalue weighted by Gasteiger charge is -2.07. The number of nitrogens with zero attached hydrogens (tertiary/aromatic N) is 5. The lowest BCUT2D eigenvalue weighted by molar-refractivity contribution is -0.159. The van der Waals surface area contributed by atoms with Crippen LogP contribution in [0, 0.1) is 0 Å². The minimum atomic E-state index is -4.78. The van der Waals surface area contributed by atoms with Crippen LogP contribution in [0.1, 0.15) is 21.8 Å². The summed E-state index contributed by atoms with van der Waals surface area (Å²) in [7, 11) is 1.22. The average molecular weight is 424 g/mol. The minimum absolute atomic E-state index is 0.0373. The number of carbonyl (C=O) groups excluding carboxylic acids is 2. The molecule has 30 heavy (non-hydrogen) atoms. The van der Waals surface area contributed by atoms with Crippen LogP contribution in [-0.4, -0.2) is 44.3 Å². The van der Waals surface area contributed by atoms with Crippen molar-refractivity contribution in [2.24, 2.45) is 0 Å². The highest BCUT2D eigenvalue weighted by Crippen LogP contribution is 2.28. The Balaban J connectivity index is 1.57. The van der Waals surface area contributed by atoms with E-state index < -0.39 is 30.0 Å². The van der Waals surface area contributed by atoms with Crippen LogP contribution >= 0.6 is 0 Å². The Bertz CT molecular complexity index is 1050. The average Bonchev–Trinajstić information content (AvgIpc) is 3.23. The topological polar surface area (TPSA) is 142 Å². The normalized spacial score (nSPS) is 11.1. The van der Waals surface area contributed by atoms with Crippen molar-refractivity contribution in [3.8, 4) is 11.5 Å². The number of nitrogens with one attached hydrogen (secondary N) is 1. The molecule has 0 saturated carbocycles. The first kappa shape index (κ1) is 20.6. The maximum Gasteiger partial charge on any atom is 0.471 e. The molecule has 3 aromatic rings. The Morgan fingerprint density at radius 2 is 1.97 bits per heavy atom. The molecule has 1 N–H and O–H groups in total. The van der Waals surface area contributed by atoms with E-state index in [4.69, 9.17) is 4.74 Å². The number of pyridine rings is 1. The zero-order chi connectivity index (χ0) is 21.7. The molecule has 14 heteroatoms. The van der Waals surface area contributed by atoms with Crippen LogP contribution in [0.5, 0.6) is 0 Å². The predicted molar refractivity (Wildman–Crippen MR) is 89.7 cm³/mol. The number of rotatable bonds is 5. The number of esters is 1. The molecular formula is C16H11F3N6O5. The van der Waals surface area contributed by atoms with Crippen LogP contribution in [-0.2, 0) is 22.3 Å². The molecule has 0 aliphatic carbocycles. The number of hydrogen-bond acceptors (Lipinski definition) is 10. The van der Waals surface area contributed by atoms with Gasteiger partial charge in [-0.2, -0.15) is 18.2 Å². The molecule has 156 valence electrons. The van der Waals surface area contributed by atoms with Gasteiger partial charge in [0.15, 0.2) is 5.82 Å². The van der Waals surface area contributed by atoms with Gasteiger partial charge in [-0.05, 0) is 6.07 Å². The number of carbonyl (C=O) groups is 2. The van der Waals surface area contributed by atoms with Crippen molar-refractivity contribution in [2.45, 2.75) is 12.8 Å². The molecule has 1 amide bonds. The van der Waals surface area contributed by atoms with E-state index in [2.05, 4.69) is 39.7 Å². The first-order chi connectivity index (χ1) is 14.3. The van der Waals surface area contributed by atoms with Crippen LogP contribution < -0.4 is 5.32 Å². The molecule has 0 bridgehead atoms. The molecule has 3 heterocycles. The van der Waals surface area contributed by atoms with E-state index in [0.717, 1.165) is 12.4 Å². The van der Waals surface area contributed by atoms with Gasteiger partial charge in [0, 0.05) is 18.0 Å². The lowest BCUT2D eigenvalue weighted by atomic mass is 10.2. The van der Waals surface area contributed by atoms with Crippen LogP contribution in [0.25, 0.3) is 11.5 Å². The molecule has 0 aromatic carbocycles. The van der Waals surface area contributed by atoms with Crippen molar-refractivity contribution in [2.75, 3.05) is 12.4 Å². The van der Waals surface area contributed by atoms with E-state index in [1.54, 1.807) is 0 Å². The molecule has 0 fully saturated rings. The quantitative estimate of drug-likeness (QED) is 0.607. The third-order valence-corrected chi connectivity index (χ3v) is 3.37. The molecule has 0 saturated heterocycles. The number of amides is 1. The van der Waals surface area contributed by atoms with Gasteiger partial charge < -0.3 is 14.0 Å². The van der Waals surface area contributed by atoms with Gasteiger partial charge in [-0.25, -0.2) is 19.6 Å². The fourth-order valence-corrected chi connectivity index (χ4v) is 2.04. The molecule has 3 aromatic heterocycles. The maximum atomic E-state index is 12.5. The van der Waals surface area contributed by atoms with Crippen molar-refractivity contribution in [3.63, 3.8) is 0 Å². The molecule has 0 aliphatic heterocycles. The van der Waals surface area contributed by atoms with Crippen molar-refractivity contribution in [1.82, 2.24) is 25.1 Å². The fraction of sp³-hybridized carbons (Fsp3) is 0.188. The summed E-state index contributed by atoms with van der Waals surface area (Å²) in [6, 6.07) is 1.45. The zero-order valence-corrected chi connectivity index (χ0v) is 15.0. The van der Waals surface area contributed by atoms with E-state index in [1.165, 1.54) is 25.6 Å². The summed E-state index contributed by atoms with van der Waals surface area (Å²) in [6.07, 6.45) is -0.859. The Kier molecular flexibility index (Phi) is 5.85. The van der Waals surface area contributed by atoms with Crippen LogP contribution in [0.15, 0.2) is 35.4 Å². The largest absolute Gasteiger partial charge is 0.471 e. The van der Waals surface area contributed by atoms with E-state index in [9.17, 15) is 22.8 Å². The number of methoxy groups -OCH3 is 1. The predicted octanol–water partition coefficient (Wildman–Crippen LogP) is 2.48. The SMILES string of the molecule is COC(=O)c1cncc(COC(=O)Nc2cnc(-c3noc(C(F)(F)F)n3)cn2)c1. The van der Waals surface area contributed by atoms with Crippen LogP contribution in [0.4, 0.5) is 23.8 Å². The van der Waals surface area contributed by atoms with Crippen molar-refractivity contribution >= 4 is 17.9 Å². The molecule has 3 rings (SSSR count). The van der Waals surface area contributed by atoms with E-state index in [1.807, 2.05) is 0 Å². The molecule has 11 nitrogen and oxygen atoms in total. The Morgan fingerprint density at radius 1 is 1.17 bits per heavy atom. The van der Waals surface area contributed by atoms with E-state index in [-0.39, 0.29) is 23.7 Å². The number of anilines is 1. The van der Waals surface area contributed by atoms with Gasteiger partial charge in [0.25, 0.3) is 0 Å². The van der Waals surface area contributed by atoms with E-state index in [0.29, 0.717) is 5.56 Å².